The van der Waals surface area contributed by atoms with Gasteiger partial charge in [-0.3, -0.25) is 0 Å². The molecular formula is C9H10BrF2NOS. The summed E-state index contributed by atoms with van der Waals surface area (Å²) in [5, 5.41) is 0. The number of hydrogen-bond acceptors (Lipinski definition) is 3. The quantitative estimate of drug-likeness (QED) is 0.838. The van der Waals surface area contributed by atoms with Gasteiger partial charge in [0.05, 0.1) is 4.47 Å². The van der Waals surface area contributed by atoms with Crippen LogP contribution in [0, 0.1) is 0 Å². The molecule has 2 N–H and O–H groups in total. The van der Waals surface area contributed by atoms with E-state index in [0.29, 0.717) is 10.2 Å². The maximum atomic E-state index is 11.9. The number of alkyl halides is 2. The molecule has 0 heterocycles. The van der Waals surface area contributed by atoms with Crippen molar-refractivity contribution in [3.63, 3.8) is 0 Å². The van der Waals surface area contributed by atoms with Crippen molar-refractivity contribution >= 4 is 28.6 Å². The second kappa shape index (κ2) is 5.67. The van der Waals surface area contributed by atoms with Crippen LogP contribution in [-0.4, -0.2) is 12.4 Å². The van der Waals surface area contributed by atoms with Crippen molar-refractivity contribution in [1.82, 2.24) is 0 Å². The maximum Gasteiger partial charge on any atom is 0.387 e. The van der Waals surface area contributed by atoms with E-state index in [1.165, 1.54) is 6.07 Å². The van der Waals surface area contributed by atoms with Crippen molar-refractivity contribution in [2.24, 2.45) is 5.73 Å². The third kappa shape index (κ3) is 3.62. The Morgan fingerprint density at radius 2 is 2.13 bits per heavy atom. The Kier molecular flexibility index (Phi) is 4.82. The third-order valence-electron chi connectivity index (χ3n) is 1.80. The lowest BCUT2D eigenvalue weighted by Gasteiger charge is -2.12. The molecule has 0 radical (unpaired) electrons. The van der Waals surface area contributed by atoms with E-state index < -0.39 is 6.61 Å². The van der Waals surface area contributed by atoms with Crippen LogP contribution in [0.2, 0.25) is 0 Å². The fourth-order valence-corrected chi connectivity index (χ4v) is 1.75. The number of benzene rings is 1. The van der Waals surface area contributed by atoms with E-state index in [2.05, 4.69) is 33.3 Å². The maximum absolute atomic E-state index is 11.9. The topological polar surface area (TPSA) is 35.2 Å². The summed E-state index contributed by atoms with van der Waals surface area (Å²) in [6.07, 6.45) is 0. The summed E-state index contributed by atoms with van der Waals surface area (Å²) in [5.41, 5.74) is 6.55. The van der Waals surface area contributed by atoms with E-state index in [9.17, 15) is 8.78 Å². The Morgan fingerprint density at radius 1 is 1.47 bits per heavy atom. The fraction of sp³-hybridized carbons (Fsp3) is 0.333. The van der Waals surface area contributed by atoms with Crippen molar-refractivity contribution in [2.75, 3.05) is 5.75 Å². The van der Waals surface area contributed by atoms with Crippen molar-refractivity contribution < 1.29 is 13.5 Å². The van der Waals surface area contributed by atoms with E-state index in [4.69, 9.17) is 5.73 Å². The predicted molar refractivity (Wildman–Crippen MR) is 61.6 cm³/mol. The minimum Gasteiger partial charge on any atom is -0.434 e. The number of rotatable bonds is 4. The molecule has 1 rings (SSSR count). The highest BCUT2D eigenvalue weighted by Crippen LogP contribution is 2.29. The Labute approximate surface area is 100 Å². The first-order valence-corrected chi connectivity index (χ1v) is 5.58. The third-order valence-corrected chi connectivity index (χ3v) is 2.81. The zero-order valence-electron chi connectivity index (χ0n) is 7.66. The van der Waals surface area contributed by atoms with Gasteiger partial charge in [0.2, 0.25) is 0 Å². The zero-order chi connectivity index (χ0) is 11.4. The van der Waals surface area contributed by atoms with Gasteiger partial charge in [-0.05, 0) is 33.6 Å². The van der Waals surface area contributed by atoms with E-state index >= 15 is 0 Å². The van der Waals surface area contributed by atoms with Gasteiger partial charge in [-0.1, -0.05) is 6.07 Å². The molecule has 0 aliphatic heterocycles. The standard InChI is InChI=1S/C9H10BrF2NOS/c10-6-3-5(7(13)4-15)1-2-8(6)14-9(11)12/h1-3,7,9,15H,4,13H2. The van der Waals surface area contributed by atoms with Crippen LogP contribution < -0.4 is 10.5 Å². The van der Waals surface area contributed by atoms with Crippen LogP contribution in [0.25, 0.3) is 0 Å². The van der Waals surface area contributed by atoms with Crippen LogP contribution in [0.1, 0.15) is 11.6 Å². The Hall–Kier alpha value is -0.330. The van der Waals surface area contributed by atoms with Crippen LogP contribution >= 0.6 is 28.6 Å². The van der Waals surface area contributed by atoms with Gasteiger partial charge in [-0.2, -0.15) is 21.4 Å². The summed E-state index contributed by atoms with van der Waals surface area (Å²) in [7, 11) is 0. The van der Waals surface area contributed by atoms with Crippen LogP contribution in [0.15, 0.2) is 22.7 Å². The van der Waals surface area contributed by atoms with Gasteiger partial charge in [0.15, 0.2) is 0 Å². The first-order valence-electron chi connectivity index (χ1n) is 4.15. The molecule has 0 aromatic heterocycles. The summed E-state index contributed by atoms with van der Waals surface area (Å²) in [6, 6.07) is 4.53. The smallest absolute Gasteiger partial charge is 0.387 e. The minimum absolute atomic E-state index is 0.0973. The molecule has 1 unspecified atom stereocenters. The average Bonchev–Trinajstić information content (AvgIpc) is 2.19. The molecule has 1 aromatic carbocycles. The molecule has 2 nitrogen and oxygen atoms in total. The van der Waals surface area contributed by atoms with Crippen molar-refractivity contribution in [1.29, 1.82) is 0 Å². The highest BCUT2D eigenvalue weighted by molar-refractivity contribution is 9.10. The number of hydrogen-bond donors (Lipinski definition) is 2. The van der Waals surface area contributed by atoms with Crippen LogP contribution in [0.5, 0.6) is 5.75 Å². The second-order valence-corrected chi connectivity index (χ2v) is 4.08. The van der Waals surface area contributed by atoms with Crippen molar-refractivity contribution in [3.8, 4) is 5.75 Å². The van der Waals surface area contributed by atoms with Gasteiger partial charge in [0, 0.05) is 11.8 Å². The molecule has 84 valence electrons. The van der Waals surface area contributed by atoms with E-state index in [-0.39, 0.29) is 11.8 Å². The zero-order valence-corrected chi connectivity index (χ0v) is 10.1. The lowest BCUT2D eigenvalue weighted by Crippen LogP contribution is -2.12. The molecule has 0 saturated heterocycles. The molecular weight excluding hydrogens is 288 g/mol. The molecule has 1 aromatic rings. The summed E-state index contributed by atoms with van der Waals surface area (Å²) < 4.78 is 28.6. The van der Waals surface area contributed by atoms with Gasteiger partial charge < -0.3 is 10.5 Å². The van der Waals surface area contributed by atoms with Crippen LogP contribution in [0.3, 0.4) is 0 Å². The molecule has 6 heteroatoms. The lowest BCUT2D eigenvalue weighted by atomic mass is 10.1. The highest BCUT2D eigenvalue weighted by Gasteiger charge is 2.10. The average molecular weight is 298 g/mol. The summed E-state index contributed by atoms with van der Waals surface area (Å²) >= 11 is 7.19. The molecule has 0 bridgehead atoms. The monoisotopic (exact) mass is 297 g/mol. The van der Waals surface area contributed by atoms with Crippen LogP contribution in [-0.2, 0) is 0 Å². The van der Waals surface area contributed by atoms with Crippen LogP contribution in [0.4, 0.5) is 8.78 Å². The molecule has 0 fully saturated rings. The summed E-state index contributed by atoms with van der Waals surface area (Å²) in [6.45, 7) is -2.83. The Bertz CT molecular complexity index is 338. The normalized spacial score (nSPS) is 12.9. The van der Waals surface area contributed by atoms with Crippen molar-refractivity contribution in [3.05, 3.63) is 28.2 Å². The minimum atomic E-state index is -2.83. The Morgan fingerprint density at radius 3 is 2.60 bits per heavy atom. The first-order chi connectivity index (χ1) is 7.04. The lowest BCUT2D eigenvalue weighted by molar-refractivity contribution is -0.0503. The van der Waals surface area contributed by atoms with Gasteiger partial charge in [0.1, 0.15) is 5.75 Å². The molecule has 0 amide bonds. The van der Waals surface area contributed by atoms with Crippen molar-refractivity contribution in [2.45, 2.75) is 12.7 Å². The largest absolute Gasteiger partial charge is 0.434 e. The van der Waals surface area contributed by atoms with E-state index in [0.717, 1.165) is 5.56 Å². The van der Waals surface area contributed by atoms with E-state index in [1.807, 2.05) is 0 Å². The molecule has 0 aliphatic rings. The predicted octanol–water partition coefficient (Wildman–Crippen LogP) is 2.98. The molecule has 15 heavy (non-hydrogen) atoms. The Balaban J connectivity index is 2.88. The van der Waals surface area contributed by atoms with Gasteiger partial charge >= 0.3 is 6.61 Å². The number of halogens is 3. The number of nitrogens with two attached hydrogens (primary N) is 1. The molecule has 1 atom stereocenters. The SMILES string of the molecule is NC(CS)c1ccc(OC(F)F)c(Br)c1. The number of ether oxygens (including phenoxy) is 1. The highest BCUT2D eigenvalue weighted by atomic mass is 79.9. The van der Waals surface area contributed by atoms with Gasteiger partial charge in [0.25, 0.3) is 0 Å². The van der Waals surface area contributed by atoms with Gasteiger partial charge in [-0.25, -0.2) is 0 Å². The second-order valence-electron chi connectivity index (χ2n) is 2.86. The molecule has 0 aliphatic carbocycles. The number of thiol groups is 1. The van der Waals surface area contributed by atoms with E-state index in [1.54, 1.807) is 12.1 Å². The van der Waals surface area contributed by atoms with Gasteiger partial charge in [-0.15, -0.1) is 0 Å². The summed E-state index contributed by atoms with van der Waals surface area (Å²) in [5.74, 6) is 0.585. The molecule has 0 spiro atoms. The summed E-state index contributed by atoms with van der Waals surface area (Å²) in [4.78, 5) is 0. The molecule has 0 saturated carbocycles. The fourth-order valence-electron chi connectivity index (χ4n) is 1.04. The first kappa shape index (κ1) is 12.7.